The number of aliphatic hydroxyl groups is 1. The summed E-state index contributed by atoms with van der Waals surface area (Å²) in [5.74, 6) is -1.34. The van der Waals surface area contributed by atoms with Crippen molar-refractivity contribution in [3.8, 4) is 5.75 Å². The lowest BCUT2D eigenvalue weighted by Crippen LogP contribution is -2.42. The number of hydrogen-bond acceptors (Lipinski definition) is 9. The number of aliphatic imine (C=N–C) groups is 1. The third-order valence-corrected chi connectivity index (χ3v) is 5.68. The third kappa shape index (κ3) is 7.95. The summed E-state index contributed by atoms with van der Waals surface area (Å²) >= 11 is 3.42. The molecule has 192 valence electrons. The molecule has 0 saturated carbocycles. The van der Waals surface area contributed by atoms with E-state index in [0.717, 1.165) is 10.0 Å². The SMILES string of the molecule is COC(=O)CC(NC(=O)CNC(=O)c1cc(O)cc(NC2=NCC(O)CN2)c1)c1cc(C)cc(Br)c1. The number of nitrogens with zero attached hydrogens (tertiary/aromatic N) is 1. The molecule has 2 aromatic carbocycles. The van der Waals surface area contributed by atoms with Crippen LogP contribution in [0.25, 0.3) is 0 Å². The van der Waals surface area contributed by atoms with Crippen molar-refractivity contribution in [3.63, 3.8) is 0 Å². The average molecular weight is 562 g/mol. The van der Waals surface area contributed by atoms with Gasteiger partial charge in [0.2, 0.25) is 5.91 Å². The average Bonchev–Trinajstić information content (AvgIpc) is 2.82. The summed E-state index contributed by atoms with van der Waals surface area (Å²) in [6.45, 7) is 2.09. The lowest BCUT2D eigenvalue weighted by atomic mass is 10.0. The molecule has 6 N–H and O–H groups in total. The first-order valence-corrected chi connectivity index (χ1v) is 11.9. The van der Waals surface area contributed by atoms with Crippen molar-refractivity contribution >= 4 is 45.4 Å². The minimum absolute atomic E-state index is 0.0807. The molecule has 0 bridgehead atoms. The predicted octanol–water partition coefficient (Wildman–Crippen LogP) is 1.35. The summed E-state index contributed by atoms with van der Waals surface area (Å²) in [6.07, 6.45) is -0.658. The Balaban J connectivity index is 1.64. The second-order valence-electron chi connectivity index (χ2n) is 8.26. The topological polar surface area (TPSA) is 161 Å². The first-order chi connectivity index (χ1) is 17.1. The number of aliphatic hydroxyl groups excluding tert-OH is 1. The number of methoxy groups -OCH3 is 1. The van der Waals surface area contributed by atoms with Gasteiger partial charge in [-0.15, -0.1) is 0 Å². The Bertz CT molecular complexity index is 1150. The second-order valence-corrected chi connectivity index (χ2v) is 9.18. The number of hydrogen-bond donors (Lipinski definition) is 6. The van der Waals surface area contributed by atoms with Gasteiger partial charge in [0, 0.05) is 28.3 Å². The minimum Gasteiger partial charge on any atom is -0.508 e. The van der Waals surface area contributed by atoms with E-state index >= 15 is 0 Å². The highest BCUT2D eigenvalue weighted by molar-refractivity contribution is 9.10. The molecule has 2 aromatic rings. The number of β-amino-alcohol motifs (C(OH)–C–C–N with tert-alkyl or cyclic N) is 1. The monoisotopic (exact) mass is 561 g/mol. The van der Waals surface area contributed by atoms with Gasteiger partial charge in [-0.1, -0.05) is 22.0 Å². The number of nitrogens with one attached hydrogen (secondary N) is 4. The number of halogens is 1. The molecule has 36 heavy (non-hydrogen) atoms. The Labute approximate surface area is 216 Å². The Hall–Kier alpha value is -3.64. The lowest BCUT2D eigenvalue weighted by molar-refractivity contribution is -0.141. The van der Waals surface area contributed by atoms with Gasteiger partial charge in [0.1, 0.15) is 5.75 Å². The maximum absolute atomic E-state index is 12.7. The van der Waals surface area contributed by atoms with E-state index in [1.54, 1.807) is 6.07 Å². The van der Waals surface area contributed by atoms with Crippen molar-refractivity contribution in [2.75, 3.05) is 32.1 Å². The van der Waals surface area contributed by atoms with Crippen LogP contribution in [0.5, 0.6) is 5.75 Å². The molecule has 0 aromatic heterocycles. The van der Waals surface area contributed by atoms with Crippen LogP contribution in [0.2, 0.25) is 0 Å². The van der Waals surface area contributed by atoms with Gasteiger partial charge in [0.25, 0.3) is 5.91 Å². The van der Waals surface area contributed by atoms with Crippen LogP contribution < -0.4 is 21.3 Å². The van der Waals surface area contributed by atoms with E-state index in [2.05, 4.69) is 42.2 Å². The molecule has 0 spiro atoms. The first kappa shape index (κ1) is 27.0. The van der Waals surface area contributed by atoms with Gasteiger partial charge in [-0.25, -0.2) is 0 Å². The van der Waals surface area contributed by atoms with Gasteiger partial charge < -0.3 is 36.2 Å². The van der Waals surface area contributed by atoms with Crippen molar-refractivity contribution in [1.82, 2.24) is 16.0 Å². The highest BCUT2D eigenvalue weighted by Crippen LogP contribution is 2.24. The Morgan fingerprint density at radius 2 is 2.00 bits per heavy atom. The second kappa shape index (κ2) is 12.4. The summed E-state index contributed by atoms with van der Waals surface area (Å²) in [5.41, 5.74) is 2.17. The van der Waals surface area contributed by atoms with Crippen LogP contribution in [-0.2, 0) is 14.3 Å². The number of aromatic hydroxyl groups is 1. The van der Waals surface area contributed by atoms with Crippen LogP contribution in [-0.4, -0.2) is 66.8 Å². The highest BCUT2D eigenvalue weighted by Gasteiger charge is 2.21. The van der Waals surface area contributed by atoms with Crippen molar-refractivity contribution in [2.24, 2.45) is 4.99 Å². The summed E-state index contributed by atoms with van der Waals surface area (Å²) in [7, 11) is 1.27. The molecule has 0 saturated heterocycles. The molecule has 11 nitrogen and oxygen atoms in total. The van der Waals surface area contributed by atoms with Gasteiger partial charge in [0.05, 0.1) is 38.8 Å². The Kier molecular flexibility index (Phi) is 9.25. The standard InChI is InChI=1S/C24H28BrN5O6/c1-13-3-14(5-16(25)4-13)20(9-22(34)36-2)30-21(33)12-26-23(35)15-6-17(8-18(31)7-15)29-24-27-10-19(32)11-28-24/h3-8,19-20,31-32H,9-12H2,1-2H3,(H,26,35)(H,30,33)(H2,27,28,29). The summed E-state index contributed by atoms with van der Waals surface area (Å²) in [4.78, 5) is 41.3. The molecule has 0 fully saturated rings. The van der Waals surface area contributed by atoms with Crippen LogP contribution in [0, 0.1) is 6.92 Å². The van der Waals surface area contributed by atoms with E-state index in [1.165, 1.54) is 25.3 Å². The zero-order valence-corrected chi connectivity index (χ0v) is 21.4. The quantitative estimate of drug-likeness (QED) is 0.263. The largest absolute Gasteiger partial charge is 0.508 e. The maximum atomic E-state index is 12.7. The molecular weight excluding hydrogens is 534 g/mol. The van der Waals surface area contributed by atoms with Crippen molar-refractivity contribution < 1.29 is 29.3 Å². The van der Waals surface area contributed by atoms with Gasteiger partial charge in [-0.05, 0) is 42.3 Å². The minimum atomic E-state index is -0.656. The van der Waals surface area contributed by atoms with Crippen LogP contribution >= 0.6 is 15.9 Å². The molecular formula is C24H28BrN5O6. The number of amides is 2. The van der Waals surface area contributed by atoms with E-state index < -0.39 is 29.9 Å². The molecule has 12 heteroatoms. The normalized spacial score (nSPS) is 15.7. The number of ether oxygens (including phenoxy) is 1. The van der Waals surface area contributed by atoms with Crippen molar-refractivity contribution in [3.05, 3.63) is 57.6 Å². The molecule has 1 aliphatic rings. The molecule has 0 radical (unpaired) electrons. The molecule has 2 unspecified atom stereocenters. The molecule has 2 amide bonds. The summed E-state index contributed by atoms with van der Waals surface area (Å²) in [5, 5.41) is 30.7. The van der Waals surface area contributed by atoms with E-state index in [0.29, 0.717) is 23.8 Å². The van der Waals surface area contributed by atoms with Crippen molar-refractivity contribution in [1.29, 1.82) is 0 Å². The van der Waals surface area contributed by atoms with Gasteiger partial charge in [-0.2, -0.15) is 0 Å². The van der Waals surface area contributed by atoms with Crippen molar-refractivity contribution in [2.45, 2.75) is 25.5 Å². The fourth-order valence-electron chi connectivity index (χ4n) is 3.54. The predicted molar refractivity (Wildman–Crippen MR) is 137 cm³/mol. The van der Waals surface area contributed by atoms with E-state index in [1.807, 2.05) is 19.1 Å². The summed E-state index contributed by atoms with van der Waals surface area (Å²) < 4.78 is 5.56. The fourth-order valence-corrected chi connectivity index (χ4v) is 4.17. The number of aryl methyl sites for hydroxylation is 1. The number of phenols is 1. The van der Waals surface area contributed by atoms with Crippen LogP contribution in [0.15, 0.2) is 45.9 Å². The van der Waals surface area contributed by atoms with Gasteiger partial charge in [-0.3, -0.25) is 19.4 Å². The first-order valence-electron chi connectivity index (χ1n) is 11.1. The molecule has 2 atom stereocenters. The Morgan fingerprint density at radius 1 is 1.22 bits per heavy atom. The number of anilines is 1. The number of carbonyl (C=O) groups is 3. The Morgan fingerprint density at radius 3 is 2.67 bits per heavy atom. The highest BCUT2D eigenvalue weighted by atomic mass is 79.9. The smallest absolute Gasteiger partial charge is 0.307 e. The van der Waals surface area contributed by atoms with E-state index in [-0.39, 0.29) is 30.8 Å². The number of guanidine groups is 1. The van der Waals surface area contributed by atoms with Crippen LogP contribution in [0.4, 0.5) is 5.69 Å². The lowest BCUT2D eigenvalue weighted by Gasteiger charge is -2.20. The molecule has 0 aliphatic carbocycles. The third-order valence-electron chi connectivity index (χ3n) is 5.22. The molecule has 1 aliphatic heterocycles. The number of rotatable bonds is 8. The molecule has 1 heterocycles. The number of phenolic OH excluding ortho intramolecular Hbond substituents is 1. The zero-order valence-electron chi connectivity index (χ0n) is 19.8. The van der Waals surface area contributed by atoms with E-state index in [4.69, 9.17) is 4.74 Å². The van der Waals surface area contributed by atoms with Gasteiger partial charge >= 0.3 is 5.97 Å². The van der Waals surface area contributed by atoms with E-state index in [9.17, 15) is 24.6 Å². The summed E-state index contributed by atoms with van der Waals surface area (Å²) in [6, 6.07) is 9.07. The van der Waals surface area contributed by atoms with Gasteiger partial charge in [0.15, 0.2) is 5.96 Å². The number of esters is 1. The van der Waals surface area contributed by atoms with Crippen LogP contribution in [0.3, 0.4) is 0 Å². The fraction of sp³-hybridized carbons (Fsp3) is 0.333. The number of benzene rings is 2. The zero-order chi connectivity index (χ0) is 26.2. The van der Waals surface area contributed by atoms with Crippen LogP contribution in [0.1, 0.15) is 33.9 Å². The molecule has 3 rings (SSSR count). The maximum Gasteiger partial charge on any atom is 0.307 e. The number of carbonyl (C=O) groups excluding carboxylic acids is 3.